The van der Waals surface area contributed by atoms with E-state index in [0.29, 0.717) is 18.7 Å². The van der Waals surface area contributed by atoms with Gasteiger partial charge < -0.3 is 15.6 Å². The number of nitrogens with two attached hydrogens (primary N) is 1. The highest BCUT2D eigenvalue weighted by molar-refractivity contribution is 5.75. The van der Waals surface area contributed by atoms with E-state index in [4.69, 9.17) is 5.73 Å². The number of aromatic nitrogens is 4. The molecule has 1 amide bonds. The normalized spacial score (nSPS) is 10.8. The SMILES string of the molecule is Cc1nn(CC(=O)NCCc2nccn2C)c(C)c1N. The Balaban J connectivity index is 1.84. The van der Waals surface area contributed by atoms with E-state index >= 15 is 0 Å². The van der Waals surface area contributed by atoms with Crippen LogP contribution in [0.1, 0.15) is 17.2 Å². The highest BCUT2D eigenvalue weighted by Crippen LogP contribution is 2.14. The summed E-state index contributed by atoms with van der Waals surface area (Å²) >= 11 is 0. The van der Waals surface area contributed by atoms with Crippen LogP contribution in [-0.4, -0.2) is 31.8 Å². The van der Waals surface area contributed by atoms with E-state index < -0.39 is 0 Å². The number of carbonyl (C=O) groups is 1. The van der Waals surface area contributed by atoms with Gasteiger partial charge in [0.25, 0.3) is 0 Å². The van der Waals surface area contributed by atoms with Crippen LogP contribution in [0.5, 0.6) is 0 Å². The molecule has 0 aliphatic rings. The lowest BCUT2D eigenvalue weighted by molar-refractivity contribution is -0.121. The number of rotatable bonds is 5. The van der Waals surface area contributed by atoms with Crippen LogP contribution in [0.25, 0.3) is 0 Å². The fourth-order valence-electron chi connectivity index (χ4n) is 2.01. The average molecular weight is 276 g/mol. The zero-order valence-electron chi connectivity index (χ0n) is 12.1. The van der Waals surface area contributed by atoms with Crippen LogP contribution in [0.2, 0.25) is 0 Å². The third-order valence-corrected chi connectivity index (χ3v) is 3.32. The molecule has 0 bridgehead atoms. The number of carbonyl (C=O) groups excluding carboxylic acids is 1. The van der Waals surface area contributed by atoms with Crippen molar-refractivity contribution < 1.29 is 4.79 Å². The van der Waals surface area contributed by atoms with Crippen LogP contribution < -0.4 is 11.1 Å². The number of nitrogens with zero attached hydrogens (tertiary/aromatic N) is 4. The number of hydrogen-bond donors (Lipinski definition) is 2. The van der Waals surface area contributed by atoms with Gasteiger partial charge in [-0.25, -0.2) is 4.98 Å². The molecular weight excluding hydrogens is 256 g/mol. The van der Waals surface area contributed by atoms with Gasteiger partial charge in [0.05, 0.1) is 17.1 Å². The molecular formula is C13H20N6O. The Kier molecular flexibility index (Phi) is 4.07. The van der Waals surface area contributed by atoms with Crippen LogP contribution in [-0.2, 0) is 24.8 Å². The molecule has 0 aromatic carbocycles. The van der Waals surface area contributed by atoms with Crippen molar-refractivity contribution in [2.24, 2.45) is 7.05 Å². The number of aryl methyl sites for hydroxylation is 2. The first-order valence-electron chi connectivity index (χ1n) is 6.51. The molecule has 7 heteroatoms. The second kappa shape index (κ2) is 5.77. The Labute approximate surface area is 117 Å². The van der Waals surface area contributed by atoms with Crippen LogP contribution in [0, 0.1) is 13.8 Å². The van der Waals surface area contributed by atoms with Gasteiger partial charge in [0, 0.05) is 32.4 Å². The molecule has 0 aliphatic heterocycles. The Bertz CT molecular complexity index is 612. The molecule has 3 N–H and O–H groups in total. The number of anilines is 1. The first kappa shape index (κ1) is 14.1. The smallest absolute Gasteiger partial charge is 0.241 e. The summed E-state index contributed by atoms with van der Waals surface area (Å²) in [5.41, 5.74) is 8.05. The number of nitrogen functional groups attached to an aromatic ring is 1. The van der Waals surface area contributed by atoms with E-state index in [1.165, 1.54) is 0 Å². The van der Waals surface area contributed by atoms with Crippen molar-refractivity contribution in [3.05, 3.63) is 29.6 Å². The second-order valence-corrected chi connectivity index (χ2v) is 4.80. The topological polar surface area (TPSA) is 90.8 Å². The van der Waals surface area contributed by atoms with E-state index in [1.807, 2.05) is 31.7 Å². The maximum absolute atomic E-state index is 11.9. The standard InChI is InChI=1S/C13H20N6O/c1-9-13(14)10(2)19(17-9)8-12(20)16-5-4-11-15-6-7-18(11)3/h6-7H,4-5,8,14H2,1-3H3,(H,16,20). The van der Waals surface area contributed by atoms with Gasteiger partial charge in [-0.05, 0) is 13.8 Å². The van der Waals surface area contributed by atoms with E-state index in [9.17, 15) is 4.79 Å². The molecule has 108 valence electrons. The minimum Gasteiger partial charge on any atom is -0.396 e. The lowest BCUT2D eigenvalue weighted by atomic mass is 10.3. The summed E-state index contributed by atoms with van der Waals surface area (Å²) in [5.74, 6) is 0.866. The summed E-state index contributed by atoms with van der Waals surface area (Å²) in [7, 11) is 1.93. The predicted octanol–water partition coefficient (Wildman–Crippen LogP) is 0.175. The molecule has 0 atom stereocenters. The van der Waals surface area contributed by atoms with Gasteiger partial charge in [-0.1, -0.05) is 0 Å². The fraction of sp³-hybridized carbons (Fsp3) is 0.462. The van der Waals surface area contributed by atoms with E-state index in [0.717, 1.165) is 17.2 Å². The Morgan fingerprint density at radius 2 is 2.20 bits per heavy atom. The second-order valence-electron chi connectivity index (χ2n) is 4.80. The zero-order valence-corrected chi connectivity index (χ0v) is 12.1. The van der Waals surface area contributed by atoms with Gasteiger partial charge in [0.1, 0.15) is 12.4 Å². The molecule has 2 aromatic heterocycles. The van der Waals surface area contributed by atoms with Gasteiger partial charge >= 0.3 is 0 Å². The van der Waals surface area contributed by atoms with Crippen molar-refractivity contribution in [2.75, 3.05) is 12.3 Å². The van der Waals surface area contributed by atoms with Crippen molar-refractivity contribution in [1.82, 2.24) is 24.6 Å². The van der Waals surface area contributed by atoms with Gasteiger partial charge in [0.15, 0.2) is 0 Å². The number of imidazole rings is 1. The zero-order chi connectivity index (χ0) is 14.7. The lowest BCUT2D eigenvalue weighted by Gasteiger charge is -2.07. The van der Waals surface area contributed by atoms with E-state index in [-0.39, 0.29) is 12.5 Å². The fourth-order valence-corrected chi connectivity index (χ4v) is 2.01. The van der Waals surface area contributed by atoms with Crippen molar-refractivity contribution in [2.45, 2.75) is 26.8 Å². The van der Waals surface area contributed by atoms with Crippen LogP contribution >= 0.6 is 0 Å². The summed E-state index contributed by atoms with van der Waals surface area (Å²) in [5, 5.41) is 7.09. The minimum atomic E-state index is -0.0789. The highest BCUT2D eigenvalue weighted by atomic mass is 16.2. The predicted molar refractivity (Wildman–Crippen MR) is 76.0 cm³/mol. The molecule has 0 saturated carbocycles. The average Bonchev–Trinajstić information content (AvgIpc) is 2.90. The summed E-state index contributed by atoms with van der Waals surface area (Å²) < 4.78 is 3.56. The summed E-state index contributed by atoms with van der Waals surface area (Å²) in [6.45, 7) is 4.43. The minimum absolute atomic E-state index is 0.0789. The molecule has 0 saturated heterocycles. The molecule has 0 aliphatic carbocycles. The number of nitrogens with one attached hydrogen (secondary N) is 1. The van der Waals surface area contributed by atoms with E-state index in [2.05, 4.69) is 15.4 Å². The largest absolute Gasteiger partial charge is 0.396 e. The Hall–Kier alpha value is -2.31. The molecule has 7 nitrogen and oxygen atoms in total. The Morgan fingerprint density at radius 3 is 2.75 bits per heavy atom. The van der Waals surface area contributed by atoms with Crippen molar-refractivity contribution >= 4 is 11.6 Å². The van der Waals surface area contributed by atoms with Crippen LogP contribution in [0.4, 0.5) is 5.69 Å². The number of hydrogen-bond acceptors (Lipinski definition) is 4. The third-order valence-electron chi connectivity index (χ3n) is 3.32. The van der Waals surface area contributed by atoms with Gasteiger partial charge in [-0.2, -0.15) is 5.10 Å². The monoisotopic (exact) mass is 276 g/mol. The van der Waals surface area contributed by atoms with Crippen LogP contribution in [0.3, 0.4) is 0 Å². The molecule has 0 spiro atoms. The molecule has 20 heavy (non-hydrogen) atoms. The summed E-state index contributed by atoms with van der Waals surface area (Å²) in [4.78, 5) is 16.1. The van der Waals surface area contributed by atoms with Gasteiger partial charge in [-0.3, -0.25) is 9.48 Å². The molecule has 2 heterocycles. The summed E-state index contributed by atoms with van der Waals surface area (Å²) in [6, 6.07) is 0. The molecule has 0 radical (unpaired) electrons. The van der Waals surface area contributed by atoms with Crippen molar-refractivity contribution in [3.8, 4) is 0 Å². The van der Waals surface area contributed by atoms with Gasteiger partial charge in [0.2, 0.25) is 5.91 Å². The highest BCUT2D eigenvalue weighted by Gasteiger charge is 2.11. The molecule has 2 aromatic rings. The molecule has 2 rings (SSSR count). The van der Waals surface area contributed by atoms with Crippen LogP contribution in [0.15, 0.2) is 12.4 Å². The van der Waals surface area contributed by atoms with Crippen molar-refractivity contribution in [1.29, 1.82) is 0 Å². The molecule has 0 unspecified atom stereocenters. The Morgan fingerprint density at radius 1 is 1.45 bits per heavy atom. The van der Waals surface area contributed by atoms with E-state index in [1.54, 1.807) is 10.9 Å². The first-order chi connectivity index (χ1) is 9.49. The maximum Gasteiger partial charge on any atom is 0.241 e. The third kappa shape index (κ3) is 2.98. The maximum atomic E-state index is 11.9. The molecule has 0 fully saturated rings. The quantitative estimate of drug-likeness (QED) is 0.814. The summed E-state index contributed by atoms with van der Waals surface area (Å²) in [6.07, 6.45) is 4.33. The van der Waals surface area contributed by atoms with Gasteiger partial charge in [-0.15, -0.1) is 0 Å². The van der Waals surface area contributed by atoms with Crippen molar-refractivity contribution in [3.63, 3.8) is 0 Å². The lowest BCUT2D eigenvalue weighted by Crippen LogP contribution is -2.30. The first-order valence-corrected chi connectivity index (χ1v) is 6.51. The number of amides is 1.